The molecule has 0 radical (unpaired) electrons. The monoisotopic (exact) mass is 514 g/mol. The smallest absolute Gasteiger partial charge is 0.353 e. The fourth-order valence-corrected chi connectivity index (χ4v) is 5.82. The molecule has 0 spiro atoms. The number of carboxylic acid groups (broad SMARTS) is 2. The summed E-state index contributed by atoms with van der Waals surface area (Å²) < 4.78 is 0. The van der Waals surface area contributed by atoms with Crippen molar-refractivity contribution < 1.29 is 34.6 Å². The summed E-state index contributed by atoms with van der Waals surface area (Å²) in [5.41, 5.74) is 10.3. The lowest BCUT2D eigenvalue weighted by atomic mass is 10.0. The molecule has 176 valence electrons. The van der Waals surface area contributed by atoms with Gasteiger partial charge in [0.15, 0.2) is 10.8 Å². The lowest BCUT2D eigenvalue weighted by Crippen LogP contribution is -2.71. The summed E-state index contributed by atoms with van der Waals surface area (Å²) >= 11 is 3.33. The van der Waals surface area contributed by atoms with Crippen molar-refractivity contribution in [2.45, 2.75) is 23.9 Å². The third-order valence-electron chi connectivity index (χ3n) is 4.52. The predicted molar refractivity (Wildman–Crippen MR) is 121 cm³/mol. The minimum absolute atomic E-state index is 0.0386. The lowest BCUT2D eigenvalue weighted by Gasteiger charge is -2.49. The topological polar surface area (TPSA) is 222 Å². The van der Waals surface area contributed by atoms with Crippen LogP contribution in [0.1, 0.15) is 12.1 Å². The quantitative estimate of drug-likeness (QED) is 0.108. The second kappa shape index (κ2) is 10.2. The van der Waals surface area contributed by atoms with Crippen molar-refractivity contribution in [2.24, 2.45) is 10.9 Å². The molecule has 8 N–H and O–H groups in total. The molecular formula is C17H18N6O7S3. The first kappa shape index (κ1) is 24.6. The van der Waals surface area contributed by atoms with Gasteiger partial charge in [0.25, 0.3) is 11.8 Å². The molecule has 0 aromatic carbocycles. The zero-order valence-corrected chi connectivity index (χ0v) is 19.0. The molecule has 33 heavy (non-hydrogen) atoms. The molecular weight excluding hydrogens is 496 g/mol. The van der Waals surface area contributed by atoms with Gasteiger partial charge in [-0.05, 0) is 11.8 Å². The number of nitrogen functional groups attached to an aromatic ring is 1. The van der Waals surface area contributed by atoms with Gasteiger partial charge in [0.1, 0.15) is 28.8 Å². The van der Waals surface area contributed by atoms with E-state index in [1.54, 1.807) is 0 Å². The lowest BCUT2D eigenvalue weighted by molar-refractivity contribution is -0.150. The second-order valence-corrected chi connectivity index (χ2v) is 9.62. The van der Waals surface area contributed by atoms with Gasteiger partial charge in [-0.2, -0.15) is 0 Å². The molecule has 3 atom stereocenters. The number of nitrogens with two attached hydrogens (primary N) is 2. The standard InChI is InChI=1S/C17H18N6O7S3/c18-6(15(26)27)2-1-3-31-8-5-32-14-10(13(25)23(14)11(8)16(28)29)21-12(24)9(22-30)7-4-33-17(19)20-7/h1,3-4,6,10,14,30H,2,5,18H2,(H2,19,20)(H,21,24)(H,26,27)(H,28,29)/b3-1-,22-9-/t6?,10?,14-/m1/s1. The normalized spacial score (nSPS) is 21.5. The SMILES string of the molecule is Nc1nc(/C(=N/O)C(=O)NC2C(=O)N3C(C(=O)O)=C(S/C=C\CC(N)C(=O)O)CS[C@H]23)cs1. The van der Waals surface area contributed by atoms with Crippen LogP contribution in [-0.4, -0.2) is 78.0 Å². The number of carbonyl (C=O) groups excluding carboxylic acids is 2. The molecule has 2 unspecified atom stereocenters. The van der Waals surface area contributed by atoms with Gasteiger partial charge in [-0.15, -0.1) is 23.1 Å². The Morgan fingerprint density at radius 3 is 2.73 bits per heavy atom. The fraction of sp³-hybridized carbons (Fsp3) is 0.294. The average molecular weight is 515 g/mol. The zero-order chi connectivity index (χ0) is 24.3. The van der Waals surface area contributed by atoms with Crippen molar-refractivity contribution in [3.05, 3.63) is 33.2 Å². The van der Waals surface area contributed by atoms with Crippen LogP contribution in [0.15, 0.2) is 32.6 Å². The molecule has 2 amide bonds. The van der Waals surface area contributed by atoms with E-state index in [4.69, 9.17) is 16.6 Å². The van der Waals surface area contributed by atoms with Crippen LogP contribution in [-0.2, 0) is 19.2 Å². The van der Waals surface area contributed by atoms with E-state index in [0.717, 1.165) is 28.0 Å². The van der Waals surface area contributed by atoms with Gasteiger partial charge in [0.05, 0.1) is 0 Å². The van der Waals surface area contributed by atoms with Crippen LogP contribution in [0.4, 0.5) is 5.13 Å². The van der Waals surface area contributed by atoms with Gasteiger partial charge in [-0.25, -0.2) is 9.78 Å². The molecule has 2 aliphatic rings. The summed E-state index contributed by atoms with van der Waals surface area (Å²) in [4.78, 5) is 53.1. The molecule has 3 rings (SSSR count). The third kappa shape index (κ3) is 5.13. The maximum absolute atomic E-state index is 12.7. The Bertz CT molecular complexity index is 1080. The van der Waals surface area contributed by atoms with Crippen molar-refractivity contribution in [1.82, 2.24) is 15.2 Å². The molecule has 3 heterocycles. The highest BCUT2D eigenvalue weighted by Crippen LogP contribution is 2.43. The van der Waals surface area contributed by atoms with Gasteiger partial charge in [-0.3, -0.25) is 19.3 Å². The Morgan fingerprint density at radius 2 is 2.15 bits per heavy atom. The van der Waals surface area contributed by atoms with Crippen LogP contribution >= 0.6 is 34.9 Å². The molecule has 0 saturated carbocycles. The molecule has 2 aliphatic heterocycles. The number of nitrogens with zero attached hydrogens (tertiary/aromatic N) is 3. The van der Waals surface area contributed by atoms with Crippen LogP contribution < -0.4 is 16.8 Å². The summed E-state index contributed by atoms with van der Waals surface area (Å²) in [6.07, 6.45) is 1.57. The number of thioether (sulfide) groups is 2. The molecule has 0 bridgehead atoms. The summed E-state index contributed by atoms with van der Waals surface area (Å²) in [7, 11) is 0. The first-order valence-electron chi connectivity index (χ1n) is 9.11. The van der Waals surface area contributed by atoms with E-state index in [2.05, 4.69) is 15.5 Å². The van der Waals surface area contributed by atoms with E-state index in [1.165, 1.54) is 28.6 Å². The number of aliphatic carboxylic acids is 2. The number of β-lactam (4-membered cyclic amide) rings is 1. The number of nitrogens with one attached hydrogen (secondary N) is 1. The molecule has 1 fully saturated rings. The Kier molecular flexibility index (Phi) is 7.62. The van der Waals surface area contributed by atoms with Gasteiger partial charge in [0, 0.05) is 16.0 Å². The number of fused-ring (bicyclic) bond motifs is 1. The third-order valence-corrected chi connectivity index (χ3v) is 7.60. The minimum Gasteiger partial charge on any atom is -0.480 e. The number of anilines is 1. The zero-order valence-electron chi connectivity index (χ0n) is 16.6. The Balaban J connectivity index is 1.70. The summed E-state index contributed by atoms with van der Waals surface area (Å²) in [6.45, 7) is 0. The van der Waals surface area contributed by atoms with Gasteiger partial charge in [0.2, 0.25) is 0 Å². The molecule has 1 aromatic heterocycles. The second-order valence-electron chi connectivity index (χ2n) is 6.63. The number of thiazole rings is 1. The van der Waals surface area contributed by atoms with Gasteiger partial charge in [-0.1, -0.05) is 23.0 Å². The summed E-state index contributed by atoms with van der Waals surface area (Å²) in [5.74, 6) is -3.72. The average Bonchev–Trinajstić information content (AvgIpc) is 3.20. The Hall–Kier alpha value is -3.08. The highest BCUT2D eigenvalue weighted by Gasteiger charge is 2.54. The van der Waals surface area contributed by atoms with E-state index >= 15 is 0 Å². The number of carboxylic acids is 2. The number of amides is 2. The first-order chi connectivity index (χ1) is 15.6. The minimum atomic E-state index is -1.31. The number of hydrogen-bond acceptors (Lipinski definition) is 12. The predicted octanol–water partition coefficient (Wildman–Crippen LogP) is -0.351. The van der Waals surface area contributed by atoms with Crippen LogP contribution in [0.3, 0.4) is 0 Å². The number of aromatic nitrogens is 1. The first-order valence-corrected chi connectivity index (χ1v) is 11.9. The van der Waals surface area contributed by atoms with Crippen molar-refractivity contribution in [2.75, 3.05) is 11.5 Å². The number of oxime groups is 1. The van der Waals surface area contributed by atoms with E-state index in [1.807, 2.05) is 0 Å². The van der Waals surface area contributed by atoms with E-state index in [0.29, 0.717) is 4.91 Å². The van der Waals surface area contributed by atoms with Crippen LogP contribution in [0, 0.1) is 0 Å². The highest BCUT2D eigenvalue weighted by atomic mass is 32.2. The Morgan fingerprint density at radius 1 is 1.42 bits per heavy atom. The van der Waals surface area contributed by atoms with E-state index < -0.39 is 46.9 Å². The molecule has 0 aliphatic carbocycles. The van der Waals surface area contributed by atoms with Crippen LogP contribution in [0.2, 0.25) is 0 Å². The summed E-state index contributed by atoms with van der Waals surface area (Å²) in [6, 6.07) is -2.10. The van der Waals surface area contributed by atoms with Crippen molar-refractivity contribution in [1.29, 1.82) is 0 Å². The van der Waals surface area contributed by atoms with E-state index in [-0.39, 0.29) is 28.7 Å². The number of rotatable bonds is 9. The van der Waals surface area contributed by atoms with Crippen molar-refractivity contribution in [3.63, 3.8) is 0 Å². The van der Waals surface area contributed by atoms with Crippen molar-refractivity contribution >= 4 is 69.5 Å². The Labute approximate surface area is 198 Å². The molecule has 16 heteroatoms. The maximum Gasteiger partial charge on any atom is 0.353 e. The van der Waals surface area contributed by atoms with Gasteiger partial charge >= 0.3 is 11.9 Å². The molecule has 13 nitrogen and oxygen atoms in total. The fourth-order valence-electron chi connectivity index (χ4n) is 2.93. The van der Waals surface area contributed by atoms with Crippen molar-refractivity contribution in [3.8, 4) is 0 Å². The largest absolute Gasteiger partial charge is 0.480 e. The number of hydrogen-bond donors (Lipinski definition) is 6. The van der Waals surface area contributed by atoms with Crippen LogP contribution in [0.5, 0.6) is 0 Å². The highest BCUT2D eigenvalue weighted by molar-refractivity contribution is 8.08. The molecule has 1 aromatic rings. The summed E-state index contributed by atoms with van der Waals surface area (Å²) in [5, 5.41) is 35.5. The maximum atomic E-state index is 12.7. The number of carbonyl (C=O) groups is 4. The molecule has 1 saturated heterocycles. The van der Waals surface area contributed by atoms with Gasteiger partial charge < -0.3 is 32.2 Å². The van der Waals surface area contributed by atoms with E-state index in [9.17, 15) is 29.5 Å². The van der Waals surface area contributed by atoms with Crippen LogP contribution in [0.25, 0.3) is 0 Å².